The van der Waals surface area contributed by atoms with Crippen LogP contribution in [0.25, 0.3) is 11.1 Å². The zero-order chi connectivity index (χ0) is 13.1. The van der Waals surface area contributed by atoms with Gasteiger partial charge in [-0.05, 0) is 36.6 Å². The summed E-state index contributed by atoms with van der Waals surface area (Å²) in [5.74, 6) is -0.249. The molecule has 0 aliphatic heterocycles. The Morgan fingerprint density at radius 3 is 2.67 bits per heavy atom. The lowest BCUT2D eigenvalue weighted by atomic mass is 9.99. The molecule has 0 fully saturated rings. The molecule has 1 nitrogen and oxygen atoms in total. The van der Waals surface area contributed by atoms with E-state index >= 15 is 0 Å². The first-order valence-corrected chi connectivity index (χ1v) is 6.16. The molecular weight excluding hydrogens is 251 g/mol. The Kier molecular flexibility index (Phi) is 4.00. The van der Waals surface area contributed by atoms with E-state index in [1.165, 1.54) is 0 Å². The maximum atomic E-state index is 14.1. The highest BCUT2D eigenvalue weighted by Gasteiger charge is 2.11. The number of hydrogen-bond donors (Lipinski definition) is 1. The first-order valence-electron chi connectivity index (χ1n) is 5.78. The number of aliphatic hydroxyl groups excluding tert-OH is 1. The van der Waals surface area contributed by atoms with Gasteiger partial charge in [0.05, 0.1) is 0 Å². The molecular formula is C15H14ClFO. The Labute approximate surface area is 111 Å². The lowest BCUT2D eigenvalue weighted by Crippen LogP contribution is -1.93. The number of aryl methyl sites for hydroxylation is 1. The lowest BCUT2D eigenvalue weighted by Gasteiger charge is -2.09. The summed E-state index contributed by atoms with van der Waals surface area (Å²) >= 11 is 6.13. The molecule has 0 radical (unpaired) electrons. The fourth-order valence-corrected chi connectivity index (χ4v) is 2.14. The maximum Gasteiger partial charge on any atom is 0.133 e. The van der Waals surface area contributed by atoms with Crippen molar-refractivity contribution in [2.75, 3.05) is 6.61 Å². The van der Waals surface area contributed by atoms with Gasteiger partial charge < -0.3 is 5.11 Å². The van der Waals surface area contributed by atoms with Crippen LogP contribution in [0.2, 0.25) is 5.02 Å². The second-order valence-corrected chi connectivity index (χ2v) is 4.63. The standard InChI is InChI=1S/C15H14ClFO/c1-10-3-2-4-12(15(10)17)13-9-11(7-8-18)5-6-14(13)16/h2-6,9,18H,7-8H2,1H3. The summed E-state index contributed by atoms with van der Waals surface area (Å²) in [6, 6.07) is 10.7. The van der Waals surface area contributed by atoms with Crippen molar-refractivity contribution in [2.24, 2.45) is 0 Å². The topological polar surface area (TPSA) is 20.2 Å². The molecule has 0 aliphatic carbocycles. The molecule has 3 heteroatoms. The van der Waals surface area contributed by atoms with Crippen molar-refractivity contribution >= 4 is 11.6 Å². The van der Waals surface area contributed by atoms with Crippen molar-refractivity contribution in [1.29, 1.82) is 0 Å². The maximum absolute atomic E-state index is 14.1. The summed E-state index contributed by atoms with van der Waals surface area (Å²) in [5, 5.41) is 9.46. The van der Waals surface area contributed by atoms with Gasteiger partial charge in [0.1, 0.15) is 5.82 Å². The second kappa shape index (κ2) is 5.51. The van der Waals surface area contributed by atoms with Crippen molar-refractivity contribution in [2.45, 2.75) is 13.3 Å². The molecule has 0 amide bonds. The highest BCUT2D eigenvalue weighted by molar-refractivity contribution is 6.33. The molecule has 0 aromatic heterocycles. The second-order valence-electron chi connectivity index (χ2n) is 4.22. The van der Waals surface area contributed by atoms with Crippen molar-refractivity contribution in [1.82, 2.24) is 0 Å². The quantitative estimate of drug-likeness (QED) is 0.889. The molecule has 18 heavy (non-hydrogen) atoms. The summed E-state index contributed by atoms with van der Waals surface area (Å²) in [6.45, 7) is 1.79. The average Bonchev–Trinajstić information content (AvgIpc) is 2.36. The summed E-state index contributed by atoms with van der Waals surface area (Å²) in [7, 11) is 0. The third-order valence-corrected chi connectivity index (χ3v) is 3.24. The zero-order valence-electron chi connectivity index (χ0n) is 10.1. The van der Waals surface area contributed by atoms with Gasteiger partial charge in [0.15, 0.2) is 0 Å². The molecule has 2 rings (SSSR count). The van der Waals surface area contributed by atoms with E-state index in [1.807, 2.05) is 18.2 Å². The highest BCUT2D eigenvalue weighted by atomic mass is 35.5. The zero-order valence-corrected chi connectivity index (χ0v) is 10.8. The minimum atomic E-state index is -0.249. The molecule has 0 bridgehead atoms. The summed E-state index contributed by atoms with van der Waals surface area (Å²) in [5.41, 5.74) is 2.71. The SMILES string of the molecule is Cc1cccc(-c2cc(CCO)ccc2Cl)c1F. The Bertz CT molecular complexity index is 566. The van der Waals surface area contributed by atoms with Crippen LogP contribution in [0.3, 0.4) is 0 Å². The molecule has 94 valence electrons. The molecule has 2 aromatic carbocycles. The van der Waals surface area contributed by atoms with E-state index in [1.54, 1.807) is 25.1 Å². The minimum absolute atomic E-state index is 0.0668. The summed E-state index contributed by atoms with van der Waals surface area (Å²) in [6.07, 6.45) is 0.539. The van der Waals surface area contributed by atoms with Gasteiger partial charge in [-0.25, -0.2) is 4.39 Å². The monoisotopic (exact) mass is 264 g/mol. The third-order valence-electron chi connectivity index (χ3n) is 2.91. The summed E-state index contributed by atoms with van der Waals surface area (Å²) < 4.78 is 14.1. The predicted octanol–water partition coefficient (Wildman–Crippen LogP) is 3.99. The van der Waals surface area contributed by atoms with Crippen molar-refractivity contribution < 1.29 is 9.50 Å². The fourth-order valence-electron chi connectivity index (χ4n) is 1.92. The minimum Gasteiger partial charge on any atom is -0.396 e. The first kappa shape index (κ1) is 13.1. The van der Waals surface area contributed by atoms with Gasteiger partial charge in [-0.3, -0.25) is 0 Å². The van der Waals surface area contributed by atoms with Gasteiger partial charge in [0, 0.05) is 22.8 Å². The lowest BCUT2D eigenvalue weighted by molar-refractivity contribution is 0.299. The summed E-state index contributed by atoms with van der Waals surface area (Å²) in [4.78, 5) is 0. The smallest absolute Gasteiger partial charge is 0.133 e. The first-order chi connectivity index (χ1) is 8.63. The van der Waals surface area contributed by atoms with Crippen LogP contribution < -0.4 is 0 Å². The van der Waals surface area contributed by atoms with E-state index in [4.69, 9.17) is 16.7 Å². The van der Waals surface area contributed by atoms with Crippen LogP contribution in [0.4, 0.5) is 4.39 Å². The van der Waals surface area contributed by atoms with E-state index in [-0.39, 0.29) is 12.4 Å². The van der Waals surface area contributed by atoms with Crippen LogP contribution in [0.15, 0.2) is 36.4 Å². The van der Waals surface area contributed by atoms with Gasteiger partial charge in [-0.15, -0.1) is 0 Å². The molecule has 0 saturated heterocycles. The van der Waals surface area contributed by atoms with Crippen LogP contribution in [0.5, 0.6) is 0 Å². The number of aliphatic hydroxyl groups is 1. The molecule has 0 spiro atoms. The van der Waals surface area contributed by atoms with E-state index in [0.717, 1.165) is 5.56 Å². The van der Waals surface area contributed by atoms with Crippen LogP contribution in [0.1, 0.15) is 11.1 Å². The molecule has 0 aliphatic rings. The molecule has 1 N–H and O–H groups in total. The van der Waals surface area contributed by atoms with Crippen molar-refractivity contribution in [3.8, 4) is 11.1 Å². The number of benzene rings is 2. The van der Waals surface area contributed by atoms with Crippen LogP contribution in [-0.2, 0) is 6.42 Å². The Morgan fingerprint density at radius 1 is 1.17 bits per heavy atom. The number of halogens is 2. The molecule has 0 heterocycles. The van der Waals surface area contributed by atoms with Crippen LogP contribution in [0, 0.1) is 12.7 Å². The van der Waals surface area contributed by atoms with Crippen molar-refractivity contribution in [3.05, 3.63) is 58.4 Å². The molecule has 2 aromatic rings. The molecule has 0 saturated carbocycles. The van der Waals surface area contributed by atoms with Gasteiger partial charge in [0.2, 0.25) is 0 Å². The van der Waals surface area contributed by atoms with Gasteiger partial charge in [0.25, 0.3) is 0 Å². The normalized spacial score (nSPS) is 10.7. The van der Waals surface area contributed by atoms with Gasteiger partial charge >= 0.3 is 0 Å². The third kappa shape index (κ3) is 2.55. The molecule has 0 unspecified atom stereocenters. The van der Waals surface area contributed by atoms with E-state index in [0.29, 0.717) is 28.1 Å². The number of hydrogen-bond acceptors (Lipinski definition) is 1. The highest BCUT2D eigenvalue weighted by Crippen LogP contribution is 2.31. The van der Waals surface area contributed by atoms with E-state index in [9.17, 15) is 4.39 Å². The predicted molar refractivity (Wildman–Crippen MR) is 72.4 cm³/mol. The Morgan fingerprint density at radius 2 is 1.94 bits per heavy atom. The van der Waals surface area contributed by atoms with E-state index in [2.05, 4.69) is 0 Å². The largest absolute Gasteiger partial charge is 0.396 e. The Balaban J connectivity index is 2.55. The van der Waals surface area contributed by atoms with Gasteiger partial charge in [-0.2, -0.15) is 0 Å². The Hall–Kier alpha value is -1.38. The molecule has 0 atom stereocenters. The van der Waals surface area contributed by atoms with Gasteiger partial charge in [-0.1, -0.05) is 35.9 Å². The van der Waals surface area contributed by atoms with Crippen LogP contribution >= 0.6 is 11.6 Å². The van der Waals surface area contributed by atoms with Crippen molar-refractivity contribution in [3.63, 3.8) is 0 Å². The fraction of sp³-hybridized carbons (Fsp3) is 0.200. The number of rotatable bonds is 3. The average molecular weight is 265 g/mol. The van der Waals surface area contributed by atoms with Crippen LogP contribution in [-0.4, -0.2) is 11.7 Å². The van der Waals surface area contributed by atoms with E-state index < -0.39 is 0 Å².